The number of aryl methyl sites for hydroxylation is 1. The van der Waals surface area contributed by atoms with E-state index in [0.717, 1.165) is 61.4 Å². The Hall–Kier alpha value is -6.26. The van der Waals surface area contributed by atoms with E-state index >= 15 is 0 Å². The number of hydrogen-bond acceptors (Lipinski definition) is 3. The Balaban J connectivity index is 1.39. The second kappa shape index (κ2) is 12.9. The molecule has 8 aromatic rings. The second-order valence-electron chi connectivity index (χ2n) is 14.2. The zero-order chi connectivity index (χ0) is 35.1. The van der Waals surface area contributed by atoms with E-state index in [0.29, 0.717) is 11.4 Å². The van der Waals surface area contributed by atoms with Crippen molar-refractivity contribution in [3.05, 3.63) is 169 Å². The van der Waals surface area contributed by atoms with Crippen LogP contribution in [-0.2, 0) is 5.41 Å². The van der Waals surface area contributed by atoms with Gasteiger partial charge in [-0.15, -0.1) is 0 Å². The van der Waals surface area contributed by atoms with Gasteiger partial charge in [-0.3, -0.25) is 9.55 Å². The van der Waals surface area contributed by atoms with E-state index in [4.69, 9.17) is 9.97 Å². The highest BCUT2D eigenvalue weighted by Gasteiger charge is 2.23. The van der Waals surface area contributed by atoms with Gasteiger partial charge in [0.1, 0.15) is 11.6 Å². The van der Waals surface area contributed by atoms with Gasteiger partial charge in [0.15, 0.2) is 0 Å². The lowest BCUT2D eigenvalue weighted by atomic mass is 9.83. The quantitative estimate of drug-likeness (QED) is 0.193. The fourth-order valence-corrected chi connectivity index (χ4v) is 6.88. The molecule has 0 aliphatic rings. The van der Waals surface area contributed by atoms with Crippen LogP contribution in [0, 0.1) is 6.92 Å². The Morgan fingerprint density at radius 1 is 0.549 bits per heavy atom. The third-order valence-electron chi connectivity index (χ3n) is 9.58. The predicted octanol–water partition coefficient (Wildman–Crippen LogP) is 12.1. The largest absolute Gasteiger partial charge is 0.507 e. The molecule has 4 nitrogen and oxygen atoms in total. The molecule has 51 heavy (non-hydrogen) atoms. The minimum atomic E-state index is -0.109. The summed E-state index contributed by atoms with van der Waals surface area (Å²) < 4.78 is 2.20. The minimum absolute atomic E-state index is 0.109. The van der Waals surface area contributed by atoms with Crippen LogP contribution in [0.1, 0.15) is 31.9 Å². The van der Waals surface area contributed by atoms with Crippen LogP contribution in [0.3, 0.4) is 0 Å². The van der Waals surface area contributed by atoms with Gasteiger partial charge in [-0.25, -0.2) is 4.98 Å². The summed E-state index contributed by atoms with van der Waals surface area (Å²) in [6, 6.07) is 52.3. The average molecular weight is 662 g/mol. The lowest BCUT2D eigenvalue weighted by Crippen LogP contribution is -2.11. The van der Waals surface area contributed by atoms with Gasteiger partial charge in [-0.05, 0) is 94.8 Å². The first-order valence-electron chi connectivity index (χ1n) is 17.4. The summed E-state index contributed by atoms with van der Waals surface area (Å²) in [4.78, 5) is 10.2. The topological polar surface area (TPSA) is 50.9 Å². The number of phenols is 1. The van der Waals surface area contributed by atoms with Crippen molar-refractivity contribution in [3.8, 4) is 67.5 Å². The molecular weight excluding hydrogens is 623 g/mol. The molecule has 4 heteroatoms. The second-order valence-corrected chi connectivity index (χ2v) is 14.2. The Morgan fingerprint density at radius 2 is 1.24 bits per heavy atom. The van der Waals surface area contributed by atoms with Crippen molar-refractivity contribution < 1.29 is 5.11 Å². The normalized spacial score (nSPS) is 11.6. The van der Waals surface area contributed by atoms with Crippen molar-refractivity contribution in [2.24, 2.45) is 0 Å². The third-order valence-corrected chi connectivity index (χ3v) is 9.58. The number of benzene rings is 6. The zero-order valence-electron chi connectivity index (χ0n) is 29.3. The first kappa shape index (κ1) is 32.0. The van der Waals surface area contributed by atoms with Gasteiger partial charge in [0.2, 0.25) is 0 Å². The molecule has 2 heterocycles. The van der Waals surface area contributed by atoms with Gasteiger partial charge in [-0.1, -0.05) is 123 Å². The monoisotopic (exact) mass is 661 g/mol. The number of pyridine rings is 1. The maximum atomic E-state index is 11.2. The Bertz CT molecular complexity index is 2520. The molecule has 0 fully saturated rings. The molecule has 1 N–H and O–H groups in total. The van der Waals surface area contributed by atoms with E-state index < -0.39 is 0 Å². The molecule has 8 rings (SSSR count). The van der Waals surface area contributed by atoms with Crippen LogP contribution in [-0.4, -0.2) is 19.6 Å². The molecular formula is C47H39N3O. The zero-order valence-corrected chi connectivity index (χ0v) is 29.3. The number of hydrogen-bond donors (Lipinski definition) is 1. The van der Waals surface area contributed by atoms with Gasteiger partial charge < -0.3 is 5.11 Å². The van der Waals surface area contributed by atoms with E-state index in [1.165, 1.54) is 11.1 Å². The summed E-state index contributed by atoms with van der Waals surface area (Å²) in [5, 5.41) is 11.2. The molecule has 0 atom stereocenters. The number of fused-ring (bicyclic) bond motifs is 1. The maximum Gasteiger partial charge on any atom is 0.149 e. The van der Waals surface area contributed by atoms with Crippen LogP contribution >= 0.6 is 0 Å². The summed E-state index contributed by atoms with van der Waals surface area (Å²) >= 11 is 0. The van der Waals surface area contributed by atoms with E-state index in [9.17, 15) is 5.11 Å². The van der Waals surface area contributed by atoms with Gasteiger partial charge >= 0.3 is 0 Å². The number of imidazole rings is 1. The third kappa shape index (κ3) is 6.10. The number of phenolic OH excluding ortho intramolecular Hbond substituents is 1. The molecule has 0 unspecified atom stereocenters. The van der Waals surface area contributed by atoms with Crippen LogP contribution < -0.4 is 0 Å². The van der Waals surface area contributed by atoms with Gasteiger partial charge in [-0.2, -0.15) is 0 Å². The standard InChI is InChI=1S/C47H39N3O/c1-31-22-23-42(40(26-31)33-16-9-6-10-17-33)50-43-20-13-19-38(45(43)49-46(50)39-18-11-12-21-44(39)51)35-27-36(29-37(28-35)47(2,3)4)41-30-34(24-25-48-41)32-14-7-5-8-15-32/h5-30,51H,1-4H3. The molecule has 0 saturated carbocycles. The van der Waals surface area contributed by atoms with Crippen LogP contribution in [0.15, 0.2) is 158 Å². The summed E-state index contributed by atoms with van der Waals surface area (Å²) in [6.07, 6.45) is 1.90. The fourth-order valence-electron chi connectivity index (χ4n) is 6.88. The highest BCUT2D eigenvalue weighted by Crippen LogP contribution is 2.41. The van der Waals surface area contributed by atoms with Crippen LogP contribution in [0.2, 0.25) is 0 Å². The number of rotatable bonds is 6. The van der Waals surface area contributed by atoms with Crippen LogP contribution in [0.25, 0.3) is 72.7 Å². The van der Waals surface area contributed by atoms with Crippen molar-refractivity contribution in [3.63, 3.8) is 0 Å². The van der Waals surface area contributed by atoms with Crippen LogP contribution in [0.5, 0.6) is 5.75 Å². The van der Waals surface area contributed by atoms with Gasteiger partial charge in [0, 0.05) is 22.9 Å². The van der Waals surface area contributed by atoms with Crippen LogP contribution in [0.4, 0.5) is 0 Å². The smallest absolute Gasteiger partial charge is 0.149 e. The Labute approximate surface area is 299 Å². The number of nitrogens with zero attached hydrogens (tertiary/aromatic N) is 3. The Kier molecular flexibility index (Phi) is 8.08. The summed E-state index contributed by atoms with van der Waals surface area (Å²) in [5.41, 5.74) is 14.3. The SMILES string of the molecule is Cc1ccc(-n2c(-c3ccccc3O)nc3c(-c4cc(-c5cc(-c6ccccc6)ccn5)cc(C(C)(C)C)c4)cccc32)c(-c2ccccc2)c1. The molecule has 248 valence electrons. The molecule has 6 aromatic carbocycles. The molecule has 0 radical (unpaired) electrons. The van der Waals surface area contributed by atoms with E-state index in [-0.39, 0.29) is 11.2 Å². The minimum Gasteiger partial charge on any atom is -0.507 e. The number of aromatic hydroxyl groups is 1. The summed E-state index contributed by atoms with van der Waals surface area (Å²) in [7, 11) is 0. The average Bonchev–Trinajstić information content (AvgIpc) is 3.54. The van der Waals surface area contributed by atoms with Crippen molar-refractivity contribution in [1.82, 2.24) is 14.5 Å². The highest BCUT2D eigenvalue weighted by atomic mass is 16.3. The summed E-state index contributed by atoms with van der Waals surface area (Å²) in [6.45, 7) is 8.86. The van der Waals surface area contributed by atoms with Gasteiger partial charge in [0.25, 0.3) is 0 Å². The molecule has 0 bridgehead atoms. The van der Waals surface area contributed by atoms with Crippen molar-refractivity contribution in [2.75, 3.05) is 0 Å². The van der Waals surface area contributed by atoms with E-state index in [2.05, 4.69) is 148 Å². The molecule has 0 spiro atoms. The molecule has 0 aliphatic carbocycles. The fraction of sp³-hybridized carbons (Fsp3) is 0.106. The predicted molar refractivity (Wildman–Crippen MR) is 211 cm³/mol. The lowest BCUT2D eigenvalue weighted by Gasteiger charge is -2.22. The van der Waals surface area contributed by atoms with Gasteiger partial charge in [0.05, 0.1) is 28.0 Å². The molecule has 2 aromatic heterocycles. The molecule has 0 aliphatic heterocycles. The lowest BCUT2D eigenvalue weighted by molar-refractivity contribution is 0.477. The number of para-hydroxylation sites is 2. The van der Waals surface area contributed by atoms with E-state index in [1.807, 2.05) is 36.5 Å². The molecule has 0 amide bonds. The first-order valence-corrected chi connectivity index (χ1v) is 17.4. The Morgan fingerprint density at radius 3 is 1.98 bits per heavy atom. The van der Waals surface area contributed by atoms with Crippen molar-refractivity contribution in [1.29, 1.82) is 0 Å². The maximum absolute atomic E-state index is 11.2. The first-order chi connectivity index (χ1) is 24.7. The number of aromatic nitrogens is 3. The summed E-state index contributed by atoms with van der Waals surface area (Å²) in [5.74, 6) is 0.867. The van der Waals surface area contributed by atoms with Crippen molar-refractivity contribution >= 4 is 11.0 Å². The highest BCUT2D eigenvalue weighted by molar-refractivity contribution is 5.97. The van der Waals surface area contributed by atoms with E-state index in [1.54, 1.807) is 6.07 Å². The van der Waals surface area contributed by atoms with Crippen molar-refractivity contribution in [2.45, 2.75) is 33.1 Å². The molecule has 0 saturated heterocycles.